The molecule has 92 valence electrons. The fourth-order valence-electron chi connectivity index (χ4n) is 2.86. The summed E-state index contributed by atoms with van der Waals surface area (Å²) in [7, 11) is 1.89. The fraction of sp³-hybridized carbons (Fsp3) is 0.667. The van der Waals surface area contributed by atoms with Crippen molar-refractivity contribution < 1.29 is 0 Å². The Labute approximate surface area is 102 Å². The monoisotopic (exact) mass is 233 g/mol. The van der Waals surface area contributed by atoms with Crippen LogP contribution in [-0.2, 0) is 0 Å². The van der Waals surface area contributed by atoms with Gasteiger partial charge in [0.05, 0.1) is 0 Å². The lowest BCUT2D eigenvalue weighted by atomic mass is 10.1. The molecule has 1 aromatic rings. The molecule has 0 aromatic carbocycles. The Morgan fingerprint density at radius 3 is 3.12 bits per heavy atom. The molecule has 1 unspecified atom stereocenters. The van der Waals surface area contributed by atoms with E-state index in [1.165, 1.54) is 25.9 Å². The summed E-state index contributed by atoms with van der Waals surface area (Å²) in [6.45, 7) is 4.64. The molecule has 17 heavy (non-hydrogen) atoms. The number of fused-ring (bicyclic) bond motifs is 1. The number of hydrogen-bond acceptors (Lipinski definition) is 5. The third kappa shape index (κ3) is 2.07. The van der Waals surface area contributed by atoms with E-state index in [1.54, 1.807) is 6.33 Å². The summed E-state index contributed by atoms with van der Waals surface area (Å²) in [5.41, 5.74) is 0. The minimum atomic E-state index is 0.733. The van der Waals surface area contributed by atoms with Gasteiger partial charge in [0.25, 0.3) is 0 Å². The maximum absolute atomic E-state index is 4.38. The van der Waals surface area contributed by atoms with Gasteiger partial charge < -0.3 is 10.2 Å². The van der Waals surface area contributed by atoms with E-state index >= 15 is 0 Å². The molecule has 0 radical (unpaired) electrons. The molecule has 3 rings (SSSR count). The van der Waals surface area contributed by atoms with Crippen molar-refractivity contribution in [3.63, 3.8) is 0 Å². The number of nitrogens with zero attached hydrogens (tertiary/aromatic N) is 4. The first-order valence-electron chi connectivity index (χ1n) is 6.35. The normalized spacial score (nSPS) is 24.8. The van der Waals surface area contributed by atoms with Gasteiger partial charge in [0.15, 0.2) is 0 Å². The van der Waals surface area contributed by atoms with Crippen molar-refractivity contribution in [3.05, 3.63) is 12.4 Å². The molecule has 2 saturated heterocycles. The number of rotatable bonds is 2. The van der Waals surface area contributed by atoms with Gasteiger partial charge in [-0.05, 0) is 19.4 Å². The van der Waals surface area contributed by atoms with Crippen LogP contribution in [0.2, 0.25) is 0 Å². The summed E-state index contributed by atoms with van der Waals surface area (Å²) in [4.78, 5) is 13.5. The van der Waals surface area contributed by atoms with E-state index in [0.717, 1.165) is 30.8 Å². The van der Waals surface area contributed by atoms with Crippen LogP contribution < -0.4 is 10.2 Å². The van der Waals surface area contributed by atoms with Crippen molar-refractivity contribution in [2.75, 3.05) is 43.4 Å². The van der Waals surface area contributed by atoms with E-state index in [2.05, 4.69) is 25.1 Å². The lowest BCUT2D eigenvalue weighted by Crippen LogP contribution is -2.50. The minimum Gasteiger partial charge on any atom is -0.373 e. The highest BCUT2D eigenvalue weighted by Gasteiger charge is 2.30. The molecule has 0 spiro atoms. The zero-order valence-electron chi connectivity index (χ0n) is 10.3. The predicted molar refractivity (Wildman–Crippen MR) is 68.4 cm³/mol. The number of hydrogen-bond donors (Lipinski definition) is 1. The highest BCUT2D eigenvalue weighted by Crippen LogP contribution is 2.24. The third-order valence-electron chi connectivity index (χ3n) is 3.82. The van der Waals surface area contributed by atoms with Gasteiger partial charge in [0.1, 0.15) is 18.0 Å². The van der Waals surface area contributed by atoms with Crippen LogP contribution in [0, 0.1) is 0 Å². The van der Waals surface area contributed by atoms with Crippen molar-refractivity contribution in [2.45, 2.75) is 18.9 Å². The molecule has 0 aliphatic carbocycles. The summed E-state index contributed by atoms with van der Waals surface area (Å²) in [5, 5.41) is 3.06. The van der Waals surface area contributed by atoms with Crippen LogP contribution >= 0.6 is 0 Å². The minimum absolute atomic E-state index is 0.733. The lowest BCUT2D eigenvalue weighted by molar-refractivity contribution is 0.230. The summed E-state index contributed by atoms with van der Waals surface area (Å²) < 4.78 is 0. The fourth-order valence-corrected chi connectivity index (χ4v) is 2.86. The first kappa shape index (κ1) is 10.8. The van der Waals surface area contributed by atoms with Gasteiger partial charge in [-0.25, -0.2) is 9.97 Å². The number of piperazine rings is 1. The second-order valence-corrected chi connectivity index (χ2v) is 4.79. The van der Waals surface area contributed by atoms with Gasteiger partial charge >= 0.3 is 0 Å². The smallest absolute Gasteiger partial charge is 0.134 e. The van der Waals surface area contributed by atoms with Crippen molar-refractivity contribution in [1.29, 1.82) is 0 Å². The molecular formula is C12H19N5. The van der Waals surface area contributed by atoms with Crippen molar-refractivity contribution in [2.24, 2.45) is 0 Å². The quantitative estimate of drug-likeness (QED) is 0.818. The molecule has 5 heteroatoms. The van der Waals surface area contributed by atoms with Gasteiger partial charge in [-0.3, -0.25) is 4.90 Å². The number of nitrogens with one attached hydrogen (secondary N) is 1. The molecule has 2 aliphatic rings. The standard InChI is InChI=1S/C12H19N5/c1-13-11-7-12(15-9-14-11)17-6-5-16-4-2-3-10(16)8-17/h7,9-10H,2-6,8H2,1H3,(H,13,14,15). The molecule has 1 aromatic heterocycles. The maximum Gasteiger partial charge on any atom is 0.134 e. The van der Waals surface area contributed by atoms with Crippen LogP contribution in [0.4, 0.5) is 11.6 Å². The highest BCUT2D eigenvalue weighted by molar-refractivity contribution is 5.48. The van der Waals surface area contributed by atoms with E-state index in [4.69, 9.17) is 0 Å². The lowest BCUT2D eigenvalue weighted by Gasteiger charge is -2.38. The highest BCUT2D eigenvalue weighted by atomic mass is 15.3. The molecule has 1 atom stereocenters. The second kappa shape index (κ2) is 4.49. The first-order chi connectivity index (χ1) is 8.36. The zero-order chi connectivity index (χ0) is 11.7. The molecule has 5 nitrogen and oxygen atoms in total. The van der Waals surface area contributed by atoms with Gasteiger partial charge in [0.2, 0.25) is 0 Å². The van der Waals surface area contributed by atoms with Gasteiger partial charge in [-0.2, -0.15) is 0 Å². The first-order valence-corrected chi connectivity index (χ1v) is 6.35. The Balaban J connectivity index is 1.75. The van der Waals surface area contributed by atoms with Crippen LogP contribution in [0.3, 0.4) is 0 Å². The van der Waals surface area contributed by atoms with E-state index in [0.29, 0.717) is 0 Å². The summed E-state index contributed by atoms with van der Waals surface area (Å²) in [5.74, 6) is 1.94. The molecule has 0 saturated carbocycles. The molecule has 1 N–H and O–H groups in total. The van der Waals surface area contributed by atoms with Gasteiger partial charge in [0, 0.05) is 38.8 Å². The van der Waals surface area contributed by atoms with E-state index in [9.17, 15) is 0 Å². The molecule has 0 bridgehead atoms. The Bertz CT molecular complexity index is 394. The van der Waals surface area contributed by atoms with Crippen LogP contribution in [0.25, 0.3) is 0 Å². The average Bonchev–Trinajstić information content (AvgIpc) is 2.86. The van der Waals surface area contributed by atoms with Crippen LogP contribution in [0.15, 0.2) is 12.4 Å². The number of aromatic nitrogens is 2. The van der Waals surface area contributed by atoms with Gasteiger partial charge in [-0.15, -0.1) is 0 Å². The molecule has 2 aliphatic heterocycles. The molecule has 2 fully saturated rings. The Kier molecular flexibility index (Phi) is 2.84. The van der Waals surface area contributed by atoms with E-state index in [-0.39, 0.29) is 0 Å². The third-order valence-corrected chi connectivity index (χ3v) is 3.82. The largest absolute Gasteiger partial charge is 0.373 e. The van der Waals surface area contributed by atoms with Gasteiger partial charge in [-0.1, -0.05) is 0 Å². The number of anilines is 2. The topological polar surface area (TPSA) is 44.3 Å². The Hall–Kier alpha value is -1.36. The predicted octanol–water partition coefficient (Wildman–Crippen LogP) is 0.803. The van der Waals surface area contributed by atoms with Crippen LogP contribution in [0.1, 0.15) is 12.8 Å². The van der Waals surface area contributed by atoms with Crippen molar-refractivity contribution in [1.82, 2.24) is 14.9 Å². The Morgan fingerprint density at radius 1 is 1.29 bits per heavy atom. The van der Waals surface area contributed by atoms with Crippen LogP contribution in [-0.4, -0.2) is 54.1 Å². The molecular weight excluding hydrogens is 214 g/mol. The van der Waals surface area contributed by atoms with E-state index in [1.807, 2.05) is 13.1 Å². The summed E-state index contributed by atoms with van der Waals surface area (Å²) >= 11 is 0. The van der Waals surface area contributed by atoms with Crippen molar-refractivity contribution >= 4 is 11.6 Å². The molecule has 3 heterocycles. The van der Waals surface area contributed by atoms with E-state index < -0.39 is 0 Å². The summed E-state index contributed by atoms with van der Waals surface area (Å²) in [6.07, 6.45) is 4.33. The maximum atomic E-state index is 4.38. The summed E-state index contributed by atoms with van der Waals surface area (Å²) in [6, 6.07) is 2.77. The van der Waals surface area contributed by atoms with Crippen molar-refractivity contribution in [3.8, 4) is 0 Å². The average molecular weight is 233 g/mol. The Morgan fingerprint density at radius 2 is 2.24 bits per heavy atom. The second-order valence-electron chi connectivity index (χ2n) is 4.79. The molecule has 0 amide bonds. The zero-order valence-corrected chi connectivity index (χ0v) is 10.3. The SMILES string of the molecule is CNc1cc(N2CCN3CCCC3C2)ncn1. The van der Waals surface area contributed by atoms with Crippen LogP contribution in [0.5, 0.6) is 0 Å².